The molecule has 0 amide bonds. The molecule has 0 radical (unpaired) electrons. The SMILES string of the molecule is CCCCc1nc2c(NCCN(C)C)nnc(NCCN(C)C)c2n1Cc1ccc(-c2ccccc2-c2nnn[nH]2)cc1. The van der Waals surface area contributed by atoms with Crippen LogP contribution < -0.4 is 10.6 Å². The number of anilines is 2. The van der Waals surface area contributed by atoms with E-state index >= 15 is 0 Å². The van der Waals surface area contributed by atoms with Crippen molar-refractivity contribution in [2.45, 2.75) is 32.7 Å². The molecule has 5 aromatic rings. The fourth-order valence-corrected chi connectivity index (χ4v) is 5.02. The Morgan fingerprint density at radius 3 is 2.14 bits per heavy atom. The van der Waals surface area contributed by atoms with Gasteiger partial charge < -0.3 is 25.0 Å². The lowest BCUT2D eigenvalue weighted by Crippen LogP contribution is -2.22. The molecule has 3 heterocycles. The van der Waals surface area contributed by atoms with Crippen LogP contribution in [0.25, 0.3) is 33.5 Å². The molecule has 0 bridgehead atoms. The summed E-state index contributed by atoms with van der Waals surface area (Å²) in [6.45, 7) is 6.18. The maximum atomic E-state index is 5.16. The number of H-pyrrole nitrogens is 1. The first-order chi connectivity index (χ1) is 20.9. The van der Waals surface area contributed by atoms with Crippen LogP contribution in [0, 0.1) is 0 Å². The minimum atomic E-state index is 0.649. The number of benzene rings is 2. The highest BCUT2D eigenvalue weighted by atomic mass is 15.5. The zero-order valence-corrected chi connectivity index (χ0v) is 25.8. The zero-order chi connectivity index (χ0) is 30.2. The molecule has 0 saturated carbocycles. The molecule has 0 aliphatic heterocycles. The molecule has 5 rings (SSSR count). The van der Waals surface area contributed by atoms with Crippen molar-refractivity contribution in [3.8, 4) is 22.5 Å². The Morgan fingerprint density at radius 1 is 0.814 bits per heavy atom. The summed E-state index contributed by atoms with van der Waals surface area (Å²) in [7, 11) is 8.26. The second kappa shape index (κ2) is 14.2. The number of fused-ring (bicyclic) bond motifs is 1. The van der Waals surface area contributed by atoms with E-state index in [0.29, 0.717) is 12.4 Å². The van der Waals surface area contributed by atoms with Crippen molar-refractivity contribution in [2.24, 2.45) is 0 Å². The molecule has 0 unspecified atom stereocenters. The molecule has 2 aromatic carbocycles. The molecular weight excluding hydrogens is 540 g/mol. The molecular formula is C31H42N12. The largest absolute Gasteiger partial charge is 0.365 e. The third-order valence-corrected chi connectivity index (χ3v) is 7.34. The van der Waals surface area contributed by atoms with Crippen LogP contribution in [0.4, 0.5) is 11.6 Å². The van der Waals surface area contributed by atoms with E-state index < -0.39 is 0 Å². The van der Waals surface area contributed by atoms with Crippen LogP contribution in [-0.2, 0) is 13.0 Å². The number of rotatable bonds is 15. The summed E-state index contributed by atoms with van der Waals surface area (Å²) in [5.74, 6) is 3.18. The number of imidazole rings is 1. The third kappa shape index (κ3) is 7.33. The van der Waals surface area contributed by atoms with Crippen LogP contribution in [0.2, 0.25) is 0 Å². The Labute approximate surface area is 252 Å². The van der Waals surface area contributed by atoms with Crippen LogP contribution >= 0.6 is 0 Å². The number of aromatic amines is 1. The highest BCUT2D eigenvalue weighted by Crippen LogP contribution is 2.31. The fraction of sp³-hybridized carbons (Fsp3) is 0.419. The van der Waals surface area contributed by atoms with Gasteiger partial charge >= 0.3 is 0 Å². The molecule has 3 aromatic heterocycles. The Bertz CT molecular complexity index is 1590. The van der Waals surface area contributed by atoms with Gasteiger partial charge in [0.2, 0.25) is 0 Å². The van der Waals surface area contributed by atoms with Crippen LogP contribution in [0.3, 0.4) is 0 Å². The van der Waals surface area contributed by atoms with E-state index in [0.717, 1.165) is 90.6 Å². The summed E-state index contributed by atoms with van der Waals surface area (Å²) in [6.07, 6.45) is 3.04. The van der Waals surface area contributed by atoms with Crippen molar-refractivity contribution in [1.29, 1.82) is 0 Å². The summed E-state index contributed by atoms with van der Waals surface area (Å²) in [4.78, 5) is 9.46. The van der Waals surface area contributed by atoms with E-state index in [1.54, 1.807) is 0 Å². The maximum Gasteiger partial charge on any atom is 0.180 e. The molecule has 0 spiro atoms. The number of unbranched alkanes of at least 4 members (excludes halogenated alkanes) is 1. The van der Waals surface area contributed by atoms with Gasteiger partial charge in [-0.3, -0.25) is 0 Å². The minimum Gasteiger partial charge on any atom is -0.365 e. The normalized spacial score (nSPS) is 11.6. The van der Waals surface area contributed by atoms with Gasteiger partial charge in [0.1, 0.15) is 16.9 Å². The fourth-order valence-electron chi connectivity index (χ4n) is 5.02. The Hall–Kier alpha value is -4.42. The van der Waals surface area contributed by atoms with Crippen LogP contribution in [0.5, 0.6) is 0 Å². The van der Waals surface area contributed by atoms with Crippen LogP contribution in [0.1, 0.15) is 31.2 Å². The number of hydrogen-bond acceptors (Lipinski definition) is 10. The van der Waals surface area contributed by atoms with Crippen molar-refractivity contribution in [2.75, 3.05) is 65.0 Å². The van der Waals surface area contributed by atoms with Crippen molar-refractivity contribution >= 4 is 22.7 Å². The van der Waals surface area contributed by atoms with E-state index in [2.05, 4.69) is 121 Å². The summed E-state index contributed by atoms with van der Waals surface area (Å²) >= 11 is 0. The lowest BCUT2D eigenvalue weighted by atomic mass is 9.98. The quantitative estimate of drug-likeness (QED) is 0.167. The number of likely N-dealkylation sites (N-methyl/N-ethyl adjacent to an activating group) is 2. The standard InChI is InChI=1S/C31H42N12/c1-6-7-12-26-34-27-28(31(33-18-20-42(4)5)36-35-30(27)32-17-19-41(2)3)43(26)21-22-13-15-23(16-14-22)24-10-8-9-11-25(24)29-37-39-40-38-29/h8-11,13-16H,6-7,12,17-21H2,1-5H3,(H,32,35)(H,33,36)(H,37,38,39,40). The van der Waals surface area contributed by atoms with Gasteiger partial charge in [-0.05, 0) is 61.7 Å². The summed E-state index contributed by atoms with van der Waals surface area (Å²) in [5.41, 5.74) is 6.15. The first-order valence-corrected chi connectivity index (χ1v) is 14.9. The molecule has 226 valence electrons. The number of tetrazole rings is 1. The van der Waals surface area contributed by atoms with Crippen LogP contribution in [0.15, 0.2) is 48.5 Å². The first-order valence-electron chi connectivity index (χ1n) is 14.9. The van der Waals surface area contributed by atoms with Gasteiger partial charge in [-0.1, -0.05) is 61.9 Å². The molecule has 43 heavy (non-hydrogen) atoms. The molecule has 0 atom stereocenters. The van der Waals surface area contributed by atoms with E-state index in [4.69, 9.17) is 4.98 Å². The van der Waals surface area contributed by atoms with Crippen molar-refractivity contribution in [3.05, 3.63) is 59.9 Å². The lowest BCUT2D eigenvalue weighted by molar-refractivity contribution is 0.424. The zero-order valence-electron chi connectivity index (χ0n) is 25.8. The van der Waals surface area contributed by atoms with E-state index in [1.165, 1.54) is 5.56 Å². The van der Waals surface area contributed by atoms with Gasteiger partial charge in [-0.15, -0.1) is 15.3 Å². The molecule has 0 aliphatic carbocycles. The topological polar surface area (TPSA) is 129 Å². The second-order valence-corrected chi connectivity index (χ2v) is 11.3. The number of aryl methyl sites for hydroxylation is 1. The summed E-state index contributed by atoms with van der Waals surface area (Å²) < 4.78 is 2.32. The number of aromatic nitrogens is 8. The second-order valence-electron chi connectivity index (χ2n) is 11.3. The Balaban J connectivity index is 1.51. The smallest absolute Gasteiger partial charge is 0.180 e. The highest BCUT2D eigenvalue weighted by molar-refractivity contribution is 5.94. The van der Waals surface area contributed by atoms with Gasteiger partial charge in [0.25, 0.3) is 0 Å². The molecule has 0 saturated heterocycles. The molecule has 12 heteroatoms. The predicted molar refractivity (Wildman–Crippen MR) is 172 cm³/mol. The average molecular weight is 583 g/mol. The van der Waals surface area contributed by atoms with Crippen LogP contribution in [-0.4, -0.2) is 105 Å². The van der Waals surface area contributed by atoms with Crippen molar-refractivity contribution in [1.82, 2.24) is 50.2 Å². The number of hydrogen-bond donors (Lipinski definition) is 3. The van der Waals surface area contributed by atoms with Gasteiger partial charge in [0.05, 0.1) is 0 Å². The first kappa shape index (κ1) is 30.1. The number of nitrogens with zero attached hydrogens (tertiary/aromatic N) is 9. The molecule has 12 nitrogen and oxygen atoms in total. The summed E-state index contributed by atoms with van der Waals surface area (Å²) in [6, 6.07) is 16.8. The number of nitrogens with one attached hydrogen (secondary N) is 3. The van der Waals surface area contributed by atoms with E-state index in [-0.39, 0.29) is 0 Å². The van der Waals surface area contributed by atoms with Gasteiger partial charge in [-0.2, -0.15) is 0 Å². The predicted octanol–water partition coefficient (Wildman–Crippen LogP) is 4.01. The van der Waals surface area contributed by atoms with Gasteiger partial charge in [0, 0.05) is 44.7 Å². The Kier molecular flexibility index (Phi) is 9.90. The molecule has 0 aliphatic rings. The monoisotopic (exact) mass is 582 g/mol. The highest BCUT2D eigenvalue weighted by Gasteiger charge is 2.20. The summed E-state index contributed by atoms with van der Waals surface area (Å²) in [5, 5.41) is 30.7. The van der Waals surface area contributed by atoms with E-state index in [9.17, 15) is 0 Å². The maximum absolute atomic E-state index is 5.16. The van der Waals surface area contributed by atoms with Crippen molar-refractivity contribution < 1.29 is 0 Å². The third-order valence-electron chi connectivity index (χ3n) is 7.34. The average Bonchev–Trinajstić information content (AvgIpc) is 3.66. The van der Waals surface area contributed by atoms with Crippen molar-refractivity contribution in [3.63, 3.8) is 0 Å². The minimum absolute atomic E-state index is 0.649. The van der Waals surface area contributed by atoms with Gasteiger partial charge in [-0.25, -0.2) is 10.1 Å². The van der Waals surface area contributed by atoms with Gasteiger partial charge in [0.15, 0.2) is 17.5 Å². The molecule has 3 N–H and O–H groups in total. The Morgan fingerprint density at radius 2 is 1.49 bits per heavy atom. The molecule has 0 fully saturated rings. The lowest BCUT2D eigenvalue weighted by Gasteiger charge is -2.15. The van der Waals surface area contributed by atoms with E-state index in [1.807, 2.05) is 18.2 Å².